The number of carbonyl (C=O) groups is 1. The summed E-state index contributed by atoms with van der Waals surface area (Å²) in [7, 11) is 3.70. The number of anilines is 2. The zero-order valence-electron chi connectivity index (χ0n) is 23.8. The number of nitrogens with zero attached hydrogens (tertiary/aromatic N) is 6. The second-order valence-corrected chi connectivity index (χ2v) is 11.8. The molecule has 3 fully saturated rings. The highest BCUT2D eigenvalue weighted by Gasteiger charge is 2.43. The van der Waals surface area contributed by atoms with E-state index in [-0.39, 0.29) is 30.3 Å². The van der Waals surface area contributed by atoms with Crippen LogP contribution in [0.2, 0.25) is 5.02 Å². The van der Waals surface area contributed by atoms with Gasteiger partial charge in [-0.3, -0.25) is 4.90 Å². The predicted molar refractivity (Wildman–Crippen MR) is 156 cm³/mol. The molecule has 4 heterocycles. The van der Waals surface area contributed by atoms with Crippen LogP contribution in [0, 0.1) is 5.82 Å². The van der Waals surface area contributed by atoms with E-state index in [1.807, 2.05) is 6.07 Å². The quantitative estimate of drug-likeness (QED) is 0.413. The van der Waals surface area contributed by atoms with Crippen LogP contribution in [-0.4, -0.2) is 87.1 Å². The number of likely N-dealkylation sites (N-methyl/N-ethyl adjacent to an activating group) is 1. The summed E-state index contributed by atoms with van der Waals surface area (Å²) < 4.78 is 22.3. The van der Waals surface area contributed by atoms with Crippen LogP contribution in [-0.2, 0) is 4.74 Å². The second kappa shape index (κ2) is 11.9. The maximum atomic E-state index is 15.1. The number of aromatic nitrogens is 4. The summed E-state index contributed by atoms with van der Waals surface area (Å²) >= 11 is 6.26. The largest absolute Gasteiger partial charge is 0.446 e. The van der Waals surface area contributed by atoms with Gasteiger partial charge in [0.05, 0.1) is 28.5 Å². The highest BCUT2D eigenvalue weighted by molar-refractivity contribution is 6.33. The molecule has 4 N–H and O–H groups in total. The van der Waals surface area contributed by atoms with Gasteiger partial charge >= 0.3 is 6.09 Å². The Labute approximate surface area is 243 Å². The Bertz CT molecular complexity index is 1410. The molecule has 41 heavy (non-hydrogen) atoms. The molecule has 222 valence electrons. The normalized spacial score (nSPS) is 24.0. The van der Waals surface area contributed by atoms with E-state index in [9.17, 15) is 4.79 Å². The third-order valence-electron chi connectivity index (χ3n) is 8.18. The standard InChI is InChI=1S/C20H23ClFN7.C8H15NO3/c1-10(2)29-16-5-11(17-14(21)7-24-19(23)25-17)4-15(22)18(16)26-20(29)28-9-12-6-13(28)8-27(12)3;1-9-8(11)12-7-4-2-6(10)3-5-7/h4-5,7,10,12-13H,6,8-9H2,1-3H3,(H2,23,24,25);6-7,10H,2-5H2,1H3,(H,9,11). The molecule has 11 nitrogen and oxygen atoms in total. The molecule has 2 unspecified atom stereocenters. The molecule has 0 spiro atoms. The number of amides is 1. The Balaban J connectivity index is 0.000000237. The van der Waals surface area contributed by atoms with Crippen LogP contribution in [0.4, 0.5) is 21.1 Å². The van der Waals surface area contributed by atoms with Gasteiger partial charge in [-0.25, -0.2) is 24.1 Å². The molecule has 0 radical (unpaired) electrons. The molecule has 2 saturated heterocycles. The molecule has 1 aromatic carbocycles. The monoisotopic (exact) mass is 588 g/mol. The van der Waals surface area contributed by atoms with Crippen molar-refractivity contribution in [1.29, 1.82) is 0 Å². The molecule has 2 atom stereocenters. The predicted octanol–water partition coefficient (Wildman–Crippen LogP) is 3.99. The number of alkyl carbamates (subject to hydrolysis) is 1. The van der Waals surface area contributed by atoms with Crippen LogP contribution in [0.3, 0.4) is 0 Å². The molecule has 3 aromatic rings. The Hall–Kier alpha value is -3.22. The van der Waals surface area contributed by atoms with Crippen molar-refractivity contribution in [3.05, 3.63) is 29.2 Å². The summed E-state index contributed by atoms with van der Waals surface area (Å²) in [4.78, 5) is 28.3. The van der Waals surface area contributed by atoms with Crippen LogP contribution in [0.1, 0.15) is 52.0 Å². The number of nitrogens with one attached hydrogen (secondary N) is 1. The molecular weight excluding hydrogens is 551 g/mol. The van der Waals surface area contributed by atoms with E-state index in [1.54, 1.807) is 7.05 Å². The molecule has 2 bridgehead atoms. The number of imidazole rings is 1. The van der Waals surface area contributed by atoms with Crippen LogP contribution < -0.4 is 16.0 Å². The molecular formula is C28H38ClFN8O3. The van der Waals surface area contributed by atoms with Crippen molar-refractivity contribution in [2.45, 2.75) is 76.3 Å². The number of ether oxygens (including phenoxy) is 1. The number of nitrogen functional groups attached to an aromatic ring is 1. The number of hydrogen-bond acceptors (Lipinski definition) is 9. The van der Waals surface area contributed by atoms with Gasteiger partial charge in [0, 0.05) is 43.8 Å². The van der Waals surface area contributed by atoms with Crippen molar-refractivity contribution in [1.82, 2.24) is 29.7 Å². The smallest absolute Gasteiger partial charge is 0.407 e. The maximum absolute atomic E-state index is 15.1. The minimum absolute atomic E-state index is 0.00616. The summed E-state index contributed by atoms with van der Waals surface area (Å²) in [5, 5.41) is 11.9. The average molecular weight is 589 g/mol. The molecule has 1 amide bonds. The summed E-state index contributed by atoms with van der Waals surface area (Å²) in [5.74, 6) is 0.535. The topological polar surface area (TPSA) is 135 Å². The second-order valence-electron chi connectivity index (χ2n) is 11.3. The van der Waals surface area contributed by atoms with Gasteiger partial charge in [0.2, 0.25) is 11.9 Å². The molecule has 2 aromatic heterocycles. The van der Waals surface area contributed by atoms with E-state index in [0.29, 0.717) is 33.9 Å². The number of likely N-dealkylation sites (tertiary alicyclic amines) is 1. The van der Waals surface area contributed by atoms with E-state index in [4.69, 9.17) is 32.2 Å². The Kier molecular flexibility index (Phi) is 8.53. The zero-order chi connectivity index (χ0) is 29.4. The zero-order valence-corrected chi connectivity index (χ0v) is 24.6. The molecule has 3 aliphatic rings. The third kappa shape index (κ3) is 6.05. The van der Waals surface area contributed by atoms with Crippen LogP contribution in [0.5, 0.6) is 0 Å². The minimum Gasteiger partial charge on any atom is -0.446 e. The number of rotatable bonds is 4. The van der Waals surface area contributed by atoms with E-state index < -0.39 is 5.82 Å². The lowest BCUT2D eigenvalue weighted by molar-refractivity contribution is 0.0350. The number of carbonyl (C=O) groups excluding carboxylic acids is 1. The van der Waals surface area contributed by atoms with Gasteiger partial charge in [-0.15, -0.1) is 0 Å². The fraction of sp³-hybridized carbons (Fsp3) is 0.571. The summed E-state index contributed by atoms with van der Waals surface area (Å²) in [6.07, 6.45) is 5.00. The molecule has 1 saturated carbocycles. The third-order valence-corrected chi connectivity index (χ3v) is 8.45. The van der Waals surface area contributed by atoms with E-state index in [0.717, 1.165) is 56.7 Å². The van der Waals surface area contributed by atoms with Gasteiger partial charge in [-0.05, 0) is 65.1 Å². The van der Waals surface area contributed by atoms with Crippen molar-refractivity contribution in [2.75, 3.05) is 37.8 Å². The molecule has 6 rings (SSSR count). The maximum Gasteiger partial charge on any atom is 0.407 e. The fourth-order valence-electron chi connectivity index (χ4n) is 6.06. The first-order valence-corrected chi connectivity index (χ1v) is 14.5. The van der Waals surface area contributed by atoms with Gasteiger partial charge in [0.15, 0.2) is 5.82 Å². The number of nitrogens with two attached hydrogens (primary N) is 1. The Morgan fingerprint density at radius 3 is 2.54 bits per heavy atom. The van der Waals surface area contributed by atoms with Crippen LogP contribution in [0.15, 0.2) is 18.3 Å². The lowest BCUT2D eigenvalue weighted by Crippen LogP contribution is -2.45. The number of aliphatic hydroxyl groups excluding tert-OH is 1. The number of benzene rings is 1. The lowest BCUT2D eigenvalue weighted by Gasteiger charge is -2.33. The number of piperazine rings is 1. The molecule has 1 aliphatic carbocycles. The van der Waals surface area contributed by atoms with Gasteiger partial charge < -0.3 is 30.4 Å². The number of hydrogen-bond donors (Lipinski definition) is 3. The highest BCUT2D eigenvalue weighted by atomic mass is 35.5. The minimum atomic E-state index is -0.395. The van der Waals surface area contributed by atoms with Gasteiger partial charge in [0.25, 0.3) is 0 Å². The molecule has 13 heteroatoms. The summed E-state index contributed by atoms with van der Waals surface area (Å²) in [5.41, 5.74) is 7.80. The van der Waals surface area contributed by atoms with Crippen molar-refractivity contribution in [3.63, 3.8) is 0 Å². The average Bonchev–Trinajstić information content (AvgIpc) is 3.63. The SMILES string of the molecule is CC(C)n1c(N2CC3CC2CN3C)nc2c(F)cc(-c3nc(N)ncc3Cl)cc21.CNC(=O)OC1CCC(O)CC1. The van der Waals surface area contributed by atoms with Crippen LogP contribution >= 0.6 is 11.6 Å². The Morgan fingerprint density at radius 1 is 1.20 bits per heavy atom. The summed E-state index contributed by atoms with van der Waals surface area (Å²) in [6, 6.07) is 4.37. The Morgan fingerprint density at radius 2 is 1.93 bits per heavy atom. The van der Waals surface area contributed by atoms with Crippen molar-refractivity contribution < 1.29 is 19.0 Å². The van der Waals surface area contributed by atoms with Gasteiger partial charge in [0.1, 0.15) is 11.6 Å². The first-order chi connectivity index (χ1) is 19.5. The van der Waals surface area contributed by atoms with Gasteiger partial charge in [-0.1, -0.05) is 11.6 Å². The van der Waals surface area contributed by atoms with Crippen molar-refractivity contribution in [2.24, 2.45) is 0 Å². The van der Waals surface area contributed by atoms with E-state index in [2.05, 4.69) is 50.5 Å². The van der Waals surface area contributed by atoms with Crippen molar-refractivity contribution in [3.8, 4) is 11.3 Å². The molecule has 2 aliphatic heterocycles. The first kappa shape index (κ1) is 29.3. The highest BCUT2D eigenvalue weighted by Crippen LogP contribution is 2.38. The fourth-order valence-corrected chi connectivity index (χ4v) is 6.26. The summed E-state index contributed by atoms with van der Waals surface area (Å²) in [6.45, 7) is 6.10. The van der Waals surface area contributed by atoms with E-state index in [1.165, 1.54) is 12.3 Å². The first-order valence-electron chi connectivity index (χ1n) is 14.1. The number of halogens is 2. The van der Waals surface area contributed by atoms with Crippen molar-refractivity contribution >= 4 is 40.6 Å². The van der Waals surface area contributed by atoms with E-state index >= 15 is 4.39 Å². The lowest BCUT2D eigenvalue weighted by atomic mass is 9.95. The van der Waals surface area contributed by atoms with Gasteiger partial charge in [-0.2, -0.15) is 0 Å². The number of fused-ring (bicyclic) bond motifs is 3. The number of aliphatic hydroxyl groups is 1. The van der Waals surface area contributed by atoms with Crippen LogP contribution in [0.25, 0.3) is 22.3 Å².